The molecule has 3 aromatic rings. The third-order valence-electron chi connectivity index (χ3n) is 4.20. The van der Waals surface area contributed by atoms with Gasteiger partial charge in [-0.15, -0.1) is 0 Å². The van der Waals surface area contributed by atoms with Crippen LogP contribution in [0.1, 0.15) is 35.5 Å². The Bertz CT molecular complexity index is 836. The summed E-state index contributed by atoms with van der Waals surface area (Å²) in [6, 6.07) is 10.4. The van der Waals surface area contributed by atoms with Crippen LogP contribution in [-0.4, -0.2) is 20.1 Å². The van der Waals surface area contributed by atoms with Crippen LogP contribution in [0, 0.1) is 13.8 Å². The topological polar surface area (TPSA) is 64.7 Å². The number of aromatic nitrogens is 4. The van der Waals surface area contributed by atoms with Crippen molar-refractivity contribution in [3.05, 3.63) is 59.3 Å². The van der Waals surface area contributed by atoms with Crippen LogP contribution in [0.25, 0.3) is 11.6 Å². The Morgan fingerprint density at radius 2 is 1.95 bits per heavy atom. The van der Waals surface area contributed by atoms with Gasteiger partial charge < -0.3 is 4.52 Å². The molecule has 4 rings (SSSR count). The van der Waals surface area contributed by atoms with Crippen LogP contribution in [0.15, 0.2) is 41.2 Å². The molecule has 2 heterocycles. The SMILES string of the molecule is Cc1cccc(C2(c3noc(-c4cc(C)ncn4)n3)CC2)c1. The molecule has 5 heteroatoms. The fourth-order valence-corrected chi connectivity index (χ4v) is 2.80. The first-order chi connectivity index (χ1) is 10.7. The molecule has 5 nitrogen and oxygen atoms in total. The van der Waals surface area contributed by atoms with Crippen molar-refractivity contribution in [3.63, 3.8) is 0 Å². The molecule has 2 aromatic heterocycles. The van der Waals surface area contributed by atoms with Crippen LogP contribution in [0.4, 0.5) is 0 Å². The molecule has 0 radical (unpaired) electrons. The highest BCUT2D eigenvalue weighted by atomic mass is 16.5. The van der Waals surface area contributed by atoms with Crippen molar-refractivity contribution in [2.75, 3.05) is 0 Å². The Balaban J connectivity index is 1.73. The summed E-state index contributed by atoms with van der Waals surface area (Å²) in [5, 5.41) is 4.22. The molecule has 0 bridgehead atoms. The molecule has 0 spiro atoms. The first-order valence-electron chi connectivity index (χ1n) is 7.38. The highest BCUT2D eigenvalue weighted by molar-refractivity contribution is 5.48. The third-order valence-corrected chi connectivity index (χ3v) is 4.20. The van der Waals surface area contributed by atoms with E-state index in [9.17, 15) is 0 Å². The van der Waals surface area contributed by atoms with E-state index in [1.807, 2.05) is 13.0 Å². The molecule has 1 fully saturated rings. The van der Waals surface area contributed by atoms with Gasteiger partial charge in [-0.3, -0.25) is 0 Å². The molecule has 0 atom stereocenters. The maximum atomic E-state index is 5.43. The molecule has 1 aliphatic carbocycles. The Morgan fingerprint density at radius 1 is 1.09 bits per heavy atom. The Labute approximate surface area is 128 Å². The molecule has 110 valence electrons. The van der Waals surface area contributed by atoms with Crippen molar-refractivity contribution in [2.24, 2.45) is 0 Å². The molecule has 22 heavy (non-hydrogen) atoms. The van der Waals surface area contributed by atoms with Crippen molar-refractivity contribution in [1.82, 2.24) is 20.1 Å². The quantitative estimate of drug-likeness (QED) is 0.741. The summed E-state index contributed by atoms with van der Waals surface area (Å²) in [4.78, 5) is 12.9. The lowest BCUT2D eigenvalue weighted by atomic mass is 9.94. The minimum Gasteiger partial charge on any atom is -0.332 e. The highest BCUT2D eigenvalue weighted by Crippen LogP contribution is 2.52. The van der Waals surface area contributed by atoms with Gasteiger partial charge in [-0.05, 0) is 38.3 Å². The van der Waals surface area contributed by atoms with Gasteiger partial charge in [0.05, 0.1) is 5.41 Å². The molecule has 0 unspecified atom stereocenters. The number of aryl methyl sites for hydroxylation is 2. The predicted molar refractivity (Wildman–Crippen MR) is 81.3 cm³/mol. The summed E-state index contributed by atoms with van der Waals surface area (Å²) < 4.78 is 5.43. The molecule has 1 aliphatic rings. The number of nitrogens with zero attached hydrogens (tertiary/aromatic N) is 4. The Hall–Kier alpha value is -2.56. The maximum absolute atomic E-state index is 5.43. The summed E-state index contributed by atoms with van der Waals surface area (Å²) in [5.74, 6) is 1.21. The maximum Gasteiger partial charge on any atom is 0.276 e. The van der Waals surface area contributed by atoms with E-state index in [0.717, 1.165) is 24.4 Å². The molecular formula is C17H16N4O. The smallest absolute Gasteiger partial charge is 0.276 e. The first kappa shape index (κ1) is 13.1. The van der Waals surface area contributed by atoms with Crippen LogP contribution in [0.5, 0.6) is 0 Å². The van der Waals surface area contributed by atoms with E-state index >= 15 is 0 Å². The van der Waals surface area contributed by atoms with Crippen molar-refractivity contribution in [3.8, 4) is 11.6 Å². The van der Waals surface area contributed by atoms with Crippen molar-refractivity contribution < 1.29 is 4.52 Å². The molecule has 0 N–H and O–H groups in total. The average Bonchev–Trinajstić information content (AvgIpc) is 3.18. The Kier molecular flexibility index (Phi) is 2.82. The van der Waals surface area contributed by atoms with Crippen molar-refractivity contribution >= 4 is 0 Å². The lowest BCUT2D eigenvalue weighted by Gasteiger charge is -2.11. The summed E-state index contributed by atoms with van der Waals surface area (Å²) in [6.07, 6.45) is 3.62. The van der Waals surface area contributed by atoms with Gasteiger partial charge in [0, 0.05) is 5.69 Å². The van der Waals surface area contributed by atoms with E-state index in [4.69, 9.17) is 4.52 Å². The zero-order valence-corrected chi connectivity index (χ0v) is 12.6. The minimum atomic E-state index is -0.0875. The minimum absolute atomic E-state index is 0.0875. The molecule has 0 amide bonds. The largest absolute Gasteiger partial charge is 0.332 e. The fourth-order valence-electron chi connectivity index (χ4n) is 2.80. The fraction of sp³-hybridized carbons (Fsp3) is 0.294. The van der Waals surface area contributed by atoms with Crippen LogP contribution in [0.2, 0.25) is 0 Å². The van der Waals surface area contributed by atoms with E-state index in [2.05, 4.69) is 51.3 Å². The third kappa shape index (κ3) is 2.09. The monoisotopic (exact) mass is 292 g/mol. The van der Waals surface area contributed by atoms with Crippen LogP contribution < -0.4 is 0 Å². The predicted octanol–water partition coefficient (Wildman–Crippen LogP) is 3.22. The van der Waals surface area contributed by atoms with E-state index < -0.39 is 0 Å². The standard InChI is InChI=1S/C17H16N4O/c1-11-4-3-5-13(8-11)17(6-7-17)16-20-15(22-21-16)14-9-12(2)18-10-19-14/h3-5,8-10H,6-7H2,1-2H3. The van der Waals surface area contributed by atoms with Crippen LogP contribution in [0.3, 0.4) is 0 Å². The number of rotatable bonds is 3. The molecule has 1 saturated carbocycles. The van der Waals surface area contributed by atoms with Gasteiger partial charge >= 0.3 is 0 Å². The average molecular weight is 292 g/mol. The van der Waals surface area contributed by atoms with Gasteiger partial charge in [0.2, 0.25) is 0 Å². The highest BCUT2D eigenvalue weighted by Gasteiger charge is 2.50. The molecular weight excluding hydrogens is 276 g/mol. The zero-order chi connectivity index (χ0) is 15.2. The lowest BCUT2D eigenvalue weighted by Crippen LogP contribution is -2.11. The van der Waals surface area contributed by atoms with E-state index in [1.54, 1.807) is 0 Å². The van der Waals surface area contributed by atoms with Crippen LogP contribution in [-0.2, 0) is 5.41 Å². The second-order valence-electron chi connectivity index (χ2n) is 5.92. The number of benzene rings is 1. The van der Waals surface area contributed by atoms with Gasteiger partial charge in [-0.25, -0.2) is 9.97 Å². The lowest BCUT2D eigenvalue weighted by molar-refractivity contribution is 0.416. The number of hydrogen-bond donors (Lipinski definition) is 0. The molecule has 1 aromatic carbocycles. The van der Waals surface area contributed by atoms with Crippen LogP contribution >= 0.6 is 0 Å². The normalized spacial score (nSPS) is 15.7. The second kappa shape index (κ2) is 4.73. The van der Waals surface area contributed by atoms with Gasteiger partial charge in [-0.1, -0.05) is 35.0 Å². The second-order valence-corrected chi connectivity index (χ2v) is 5.92. The number of hydrogen-bond acceptors (Lipinski definition) is 5. The summed E-state index contributed by atoms with van der Waals surface area (Å²) >= 11 is 0. The van der Waals surface area contributed by atoms with Gasteiger partial charge in [-0.2, -0.15) is 4.98 Å². The van der Waals surface area contributed by atoms with Gasteiger partial charge in [0.1, 0.15) is 12.0 Å². The summed E-state index contributed by atoms with van der Waals surface area (Å²) in [6.45, 7) is 4.02. The Morgan fingerprint density at radius 3 is 2.68 bits per heavy atom. The van der Waals surface area contributed by atoms with E-state index in [-0.39, 0.29) is 5.41 Å². The van der Waals surface area contributed by atoms with Crippen molar-refractivity contribution in [1.29, 1.82) is 0 Å². The zero-order valence-electron chi connectivity index (χ0n) is 12.6. The van der Waals surface area contributed by atoms with E-state index in [1.165, 1.54) is 17.5 Å². The van der Waals surface area contributed by atoms with Gasteiger partial charge in [0.25, 0.3) is 5.89 Å². The summed E-state index contributed by atoms with van der Waals surface area (Å²) in [5.41, 5.74) is 3.98. The van der Waals surface area contributed by atoms with E-state index in [0.29, 0.717) is 11.6 Å². The molecule has 0 saturated heterocycles. The van der Waals surface area contributed by atoms with Crippen molar-refractivity contribution in [2.45, 2.75) is 32.1 Å². The molecule has 0 aliphatic heterocycles. The first-order valence-corrected chi connectivity index (χ1v) is 7.38. The van der Waals surface area contributed by atoms with Gasteiger partial charge in [0.15, 0.2) is 5.82 Å². The summed E-state index contributed by atoms with van der Waals surface area (Å²) in [7, 11) is 0.